The summed E-state index contributed by atoms with van der Waals surface area (Å²) in [6.45, 7) is 4.44. The van der Waals surface area contributed by atoms with E-state index in [0.717, 1.165) is 26.1 Å². The molecule has 5 nitrogen and oxygen atoms in total. The number of methoxy groups -OCH3 is 1. The van der Waals surface area contributed by atoms with Crippen LogP contribution < -0.4 is 11.1 Å². The molecule has 1 aliphatic rings. The summed E-state index contributed by atoms with van der Waals surface area (Å²) in [6, 6.07) is 0. The van der Waals surface area contributed by atoms with Crippen LogP contribution in [0.25, 0.3) is 0 Å². The number of hydrogen-bond acceptors (Lipinski definition) is 4. The van der Waals surface area contributed by atoms with E-state index in [9.17, 15) is 4.79 Å². The van der Waals surface area contributed by atoms with Crippen LogP contribution in [0.2, 0.25) is 0 Å². The standard InChI is InChI=1S/C11H23N3O2/c1-16-7-5-13-11(15)9-14-6-3-10(8-14)2-4-12/h10H,2-9,12H2,1H3,(H,13,15). The first kappa shape index (κ1) is 13.4. The summed E-state index contributed by atoms with van der Waals surface area (Å²) in [5.41, 5.74) is 5.52. The first-order chi connectivity index (χ1) is 7.76. The van der Waals surface area contributed by atoms with Crippen LogP contribution in [-0.2, 0) is 9.53 Å². The molecule has 0 radical (unpaired) electrons. The van der Waals surface area contributed by atoms with Gasteiger partial charge in [0.1, 0.15) is 0 Å². The first-order valence-electron chi connectivity index (χ1n) is 5.94. The lowest BCUT2D eigenvalue weighted by Crippen LogP contribution is -2.37. The van der Waals surface area contributed by atoms with E-state index < -0.39 is 0 Å². The maximum atomic E-state index is 11.5. The molecule has 1 unspecified atom stereocenters. The van der Waals surface area contributed by atoms with Crippen LogP contribution in [0.5, 0.6) is 0 Å². The third-order valence-corrected chi connectivity index (χ3v) is 2.94. The average Bonchev–Trinajstić information content (AvgIpc) is 2.66. The quantitative estimate of drug-likeness (QED) is 0.573. The van der Waals surface area contributed by atoms with Gasteiger partial charge in [0, 0.05) is 20.2 Å². The molecule has 1 fully saturated rings. The minimum Gasteiger partial charge on any atom is -0.383 e. The monoisotopic (exact) mass is 229 g/mol. The topological polar surface area (TPSA) is 67.6 Å². The minimum atomic E-state index is 0.0884. The van der Waals surface area contributed by atoms with Gasteiger partial charge in [0.25, 0.3) is 0 Å². The molecule has 0 saturated carbocycles. The van der Waals surface area contributed by atoms with Crippen molar-refractivity contribution in [2.24, 2.45) is 11.7 Å². The van der Waals surface area contributed by atoms with Gasteiger partial charge in [0.15, 0.2) is 0 Å². The van der Waals surface area contributed by atoms with E-state index >= 15 is 0 Å². The van der Waals surface area contributed by atoms with Crippen molar-refractivity contribution < 1.29 is 9.53 Å². The number of nitrogens with two attached hydrogens (primary N) is 1. The Balaban J connectivity index is 2.11. The molecule has 0 aliphatic carbocycles. The zero-order chi connectivity index (χ0) is 11.8. The molecule has 94 valence electrons. The molecule has 1 rings (SSSR count). The molecule has 0 bridgehead atoms. The number of nitrogens with zero attached hydrogens (tertiary/aromatic N) is 1. The number of ether oxygens (including phenoxy) is 1. The lowest BCUT2D eigenvalue weighted by molar-refractivity contribution is -0.122. The fourth-order valence-electron chi connectivity index (χ4n) is 2.08. The van der Waals surface area contributed by atoms with Gasteiger partial charge in [0.05, 0.1) is 13.2 Å². The van der Waals surface area contributed by atoms with E-state index in [4.69, 9.17) is 10.5 Å². The third-order valence-electron chi connectivity index (χ3n) is 2.94. The van der Waals surface area contributed by atoms with Crippen LogP contribution in [0.15, 0.2) is 0 Å². The molecule has 1 amide bonds. The zero-order valence-corrected chi connectivity index (χ0v) is 10.1. The predicted octanol–water partition coefficient (Wildman–Crippen LogP) is -0.580. The lowest BCUT2D eigenvalue weighted by atomic mass is 10.1. The van der Waals surface area contributed by atoms with Gasteiger partial charge in [0.2, 0.25) is 5.91 Å². The summed E-state index contributed by atoms with van der Waals surface area (Å²) >= 11 is 0. The number of nitrogens with one attached hydrogen (secondary N) is 1. The molecule has 0 aromatic carbocycles. The van der Waals surface area contributed by atoms with E-state index in [1.54, 1.807) is 7.11 Å². The van der Waals surface area contributed by atoms with Crippen molar-refractivity contribution in [3.8, 4) is 0 Å². The van der Waals surface area contributed by atoms with Crippen molar-refractivity contribution >= 4 is 5.91 Å². The van der Waals surface area contributed by atoms with Crippen molar-refractivity contribution in [2.45, 2.75) is 12.8 Å². The van der Waals surface area contributed by atoms with Crippen molar-refractivity contribution in [1.82, 2.24) is 10.2 Å². The summed E-state index contributed by atoms with van der Waals surface area (Å²) in [5, 5.41) is 2.83. The summed E-state index contributed by atoms with van der Waals surface area (Å²) < 4.78 is 4.87. The Kier molecular flexibility index (Phi) is 6.37. The Morgan fingerprint density at radius 1 is 1.62 bits per heavy atom. The second-order valence-electron chi connectivity index (χ2n) is 4.31. The molecule has 1 saturated heterocycles. The van der Waals surface area contributed by atoms with Crippen molar-refractivity contribution in [2.75, 3.05) is 46.4 Å². The fourth-order valence-corrected chi connectivity index (χ4v) is 2.08. The Morgan fingerprint density at radius 3 is 3.12 bits per heavy atom. The number of amides is 1. The van der Waals surface area contributed by atoms with Crippen LogP contribution in [-0.4, -0.2) is 57.2 Å². The largest absolute Gasteiger partial charge is 0.383 e. The molecular weight excluding hydrogens is 206 g/mol. The highest BCUT2D eigenvalue weighted by atomic mass is 16.5. The zero-order valence-electron chi connectivity index (χ0n) is 10.1. The van der Waals surface area contributed by atoms with Gasteiger partial charge in [-0.15, -0.1) is 0 Å². The Bertz CT molecular complexity index is 211. The Morgan fingerprint density at radius 2 is 2.44 bits per heavy atom. The summed E-state index contributed by atoms with van der Waals surface area (Å²) in [7, 11) is 1.63. The smallest absolute Gasteiger partial charge is 0.234 e. The van der Waals surface area contributed by atoms with Crippen LogP contribution in [0.3, 0.4) is 0 Å². The number of rotatable bonds is 7. The maximum Gasteiger partial charge on any atom is 0.234 e. The van der Waals surface area contributed by atoms with Crippen molar-refractivity contribution in [3.63, 3.8) is 0 Å². The van der Waals surface area contributed by atoms with Gasteiger partial charge in [-0.1, -0.05) is 0 Å². The molecule has 0 aromatic rings. The number of likely N-dealkylation sites (tertiary alicyclic amines) is 1. The fraction of sp³-hybridized carbons (Fsp3) is 0.909. The number of hydrogen-bond donors (Lipinski definition) is 2. The number of carbonyl (C=O) groups is 1. The van der Waals surface area contributed by atoms with E-state index in [1.807, 2.05) is 0 Å². The third kappa shape index (κ3) is 4.92. The van der Waals surface area contributed by atoms with Crippen LogP contribution >= 0.6 is 0 Å². The normalized spacial score (nSPS) is 21.2. The van der Waals surface area contributed by atoms with Crippen molar-refractivity contribution in [3.05, 3.63) is 0 Å². The summed E-state index contributed by atoms with van der Waals surface area (Å²) in [5.74, 6) is 0.766. The van der Waals surface area contributed by atoms with Gasteiger partial charge in [-0.25, -0.2) is 0 Å². The minimum absolute atomic E-state index is 0.0884. The van der Waals surface area contributed by atoms with E-state index in [2.05, 4.69) is 10.2 Å². The van der Waals surface area contributed by atoms with E-state index in [1.165, 1.54) is 6.42 Å². The van der Waals surface area contributed by atoms with Gasteiger partial charge in [-0.3, -0.25) is 9.69 Å². The SMILES string of the molecule is COCCNC(=O)CN1CCC(CCN)C1. The average molecular weight is 229 g/mol. The van der Waals surface area contributed by atoms with Gasteiger partial charge in [-0.05, 0) is 31.8 Å². The summed E-state index contributed by atoms with van der Waals surface area (Å²) in [6.07, 6.45) is 2.24. The summed E-state index contributed by atoms with van der Waals surface area (Å²) in [4.78, 5) is 13.7. The molecule has 1 heterocycles. The molecule has 0 spiro atoms. The van der Waals surface area contributed by atoms with Crippen molar-refractivity contribution in [1.29, 1.82) is 0 Å². The molecule has 16 heavy (non-hydrogen) atoms. The molecule has 3 N–H and O–H groups in total. The van der Waals surface area contributed by atoms with Crippen LogP contribution in [0.1, 0.15) is 12.8 Å². The molecular formula is C11H23N3O2. The van der Waals surface area contributed by atoms with E-state index in [0.29, 0.717) is 25.6 Å². The molecule has 0 aromatic heterocycles. The van der Waals surface area contributed by atoms with Crippen LogP contribution in [0, 0.1) is 5.92 Å². The highest BCUT2D eigenvalue weighted by Gasteiger charge is 2.22. The molecule has 1 aliphatic heterocycles. The first-order valence-corrected chi connectivity index (χ1v) is 5.94. The number of carbonyl (C=O) groups excluding carboxylic acids is 1. The second-order valence-corrected chi connectivity index (χ2v) is 4.31. The Hall–Kier alpha value is -0.650. The highest BCUT2D eigenvalue weighted by Crippen LogP contribution is 2.18. The van der Waals surface area contributed by atoms with Crippen LogP contribution in [0.4, 0.5) is 0 Å². The Labute approximate surface area is 97.3 Å². The molecule has 1 atom stereocenters. The maximum absolute atomic E-state index is 11.5. The van der Waals surface area contributed by atoms with E-state index in [-0.39, 0.29) is 5.91 Å². The predicted molar refractivity (Wildman–Crippen MR) is 63.1 cm³/mol. The molecule has 5 heteroatoms. The second kappa shape index (κ2) is 7.60. The van der Waals surface area contributed by atoms with Gasteiger partial charge >= 0.3 is 0 Å². The highest BCUT2D eigenvalue weighted by molar-refractivity contribution is 5.78. The lowest BCUT2D eigenvalue weighted by Gasteiger charge is -2.15. The van der Waals surface area contributed by atoms with Gasteiger partial charge < -0.3 is 15.8 Å². The van der Waals surface area contributed by atoms with Gasteiger partial charge in [-0.2, -0.15) is 0 Å².